The smallest absolute Gasteiger partial charge is 0.315 e. The van der Waals surface area contributed by atoms with Crippen LogP contribution in [0.25, 0.3) is 0 Å². The van der Waals surface area contributed by atoms with E-state index >= 15 is 0 Å². The molecular formula is C19H23Cl2F3N4O2S. The summed E-state index contributed by atoms with van der Waals surface area (Å²) in [7, 11) is -4.29. The van der Waals surface area contributed by atoms with Gasteiger partial charge in [0, 0.05) is 32.2 Å². The number of nitrogens with zero attached hydrogens (tertiary/aromatic N) is 3. The molecule has 0 atom stereocenters. The zero-order valence-corrected chi connectivity index (χ0v) is 18.9. The zero-order chi connectivity index (χ0) is 20.6. The van der Waals surface area contributed by atoms with Crippen LogP contribution in [-0.4, -0.2) is 52.6 Å². The summed E-state index contributed by atoms with van der Waals surface area (Å²) in [5.74, 6) is -2.58. The molecule has 2 aromatic carbocycles. The Morgan fingerprint density at radius 3 is 2.42 bits per heavy atom. The topological polar surface area (TPSA) is 55.9 Å². The molecule has 0 aromatic heterocycles. The highest BCUT2D eigenvalue weighted by atomic mass is 35.5. The minimum absolute atomic E-state index is 0. The molecule has 0 saturated carbocycles. The van der Waals surface area contributed by atoms with Gasteiger partial charge in [-0.3, -0.25) is 0 Å². The Kier molecular flexibility index (Phi) is 8.46. The van der Waals surface area contributed by atoms with E-state index in [-0.39, 0.29) is 48.4 Å². The number of hydrogen-bond acceptors (Lipinski definition) is 4. The molecule has 2 aromatic rings. The van der Waals surface area contributed by atoms with Crippen molar-refractivity contribution < 1.29 is 21.6 Å². The summed E-state index contributed by atoms with van der Waals surface area (Å²) in [5, 5.41) is 3.27. The van der Waals surface area contributed by atoms with Gasteiger partial charge in [-0.2, -0.15) is 8.42 Å². The zero-order valence-electron chi connectivity index (χ0n) is 16.4. The van der Waals surface area contributed by atoms with E-state index in [2.05, 4.69) is 10.2 Å². The Bertz CT molecular complexity index is 1020. The van der Waals surface area contributed by atoms with Crippen LogP contribution in [0.5, 0.6) is 0 Å². The molecule has 0 aliphatic carbocycles. The third-order valence-electron chi connectivity index (χ3n) is 5.12. The Morgan fingerprint density at radius 2 is 1.68 bits per heavy atom. The number of rotatable bonds is 4. The van der Waals surface area contributed by atoms with Crippen molar-refractivity contribution >= 4 is 52.1 Å². The molecule has 1 N–H and O–H groups in total. The van der Waals surface area contributed by atoms with Crippen LogP contribution < -0.4 is 13.9 Å². The Morgan fingerprint density at radius 1 is 0.903 bits per heavy atom. The molecule has 0 radical (unpaired) electrons. The van der Waals surface area contributed by atoms with Crippen LogP contribution in [0.3, 0.4) is 0 Å². The number of fused-ring (bicyclic) bond motifs is 1. The summed E-state index contributed by atoms with van der Waals surface area (Å²) in [5.41, 5.74) is -0.461. The van der Waals surface area contributed by atoms with Gasteiger partial charge in [-0.05, 0) is 43.8 Å². The monoisotopic (exact) mass is 498 g/mol. The van der Waals surface area contributed by atoms with Gasteiger partial charge in [0.15, 0.2) is 5.82 Å². The highest BCUT2D eigenvalue weighted by molar-refractivity contribution is 7.95. The lowest BCUT2D eigenvalue weighted by molar-refractivity contribution is 0.301. The first-order valence-corrected chi connectivity index (χ1v) is 10.8. The van der Waals surface area contributed by atoms with Crippen molar-refractivity contribution in [3.8, 4) is 0 Å². The van der Waals surface area contributed by atoms with Gasteiger partial charge in [-0.15, -0.1) is 24.8 Å². The van der Waals surface area contributed by atoms with Crippen LogP contribution in [0.1, 0.15) is 6.42 Å². The number of hydrogen-bond donors (Lipinski definition) is 1. The highest BCUT2D eigenvalue weighted by Crippen LogP contribution is 2.47. The molecule has 2 aliphatic heterocycles. The lowest BCUT2D eigenvalue weighted by Gasteiger charge is -2.25. The number of nitrogens with one attached hydrogen (secondary N) is 1. The average molecular weight is 499 g/mol. The van der Waals surface area contributed by atoms with E-state index in [0.717, 1.165) is 53.3 Å². The number of benzene rings is 2. The van der Waals surface area contributed by atoms with Gasteiger partial charge in [0.1, 0.15) is 17.3 Å². The predicted molar refractivity (Wildman–Crippen MR) is 120 cm³/mol. The van der Waals surface area contributed by atoms with E-state index in [1.165, 1.54) is 18.2 Å². The first kappa shape index (κ1) is 25.5. The molecule has 2 heterocycles. The fourth-order valence-electron chi connectivity index (χ4n) is 3.74. The molecule has 0 bridgehead atoms. The largest absolute Gasteiger partial charge is 0.331 e. The third kappa shape index (κ3) is 4.88. The molecule has 0 unspecified atom stereocenters. The van der Waals surface area contributed by atoms with Gasteiger partial charge in [0.25, 0.3) is 0 Å². The Balaban J connectivity index is 0.00000171. The number of para-hydroxylation sites is 1. The predicted octanol–water partition coefficient (Wildman–Crippen LogP) is 3.45. The lowest BCUT2D eigenvalue weighted by atomic mass is 10.2. The minimum Gasteiger partial charge on any atom is -0.315 e. The molecule has 31 heavy (non-hydrogen) atoms. The molecule has 6 nitrogen and oxygen atoms in total. The SMILES string of the molecule is Cl.Cl.O=S1(=O)N(CCN2CCCNCC2)c2c(F)cccc2N1c1ccc(F)cc1F. The van der Waals surface area contributed by atoms with Crippen LogP contribution in [-0.2, 0) is 10.2 Å². The number of anilines is 3. The summed E-state index contributed by atoms with van der Waals surface area (Å²) in [6.45, 7) is 3.69. The van der Waals surface area contributed by atoms with Crippen molar-refractivity contribution in [1.29, 1.82) is 0 Å². The quantitative estimate of drug-likeness (QED) is 0.701. The van der Waals surface area contributed by atoms with Gasteiger partial charge in [-0.25, -0.2) is 21.8 Å². The van der Waals surface area contributed by atoms with Crippen molar-refractivity contribution in [3.05, 3.63) is 53.8 Å². The second-order valence-electron chi connectivity index (χ2n) is 6.99. The second-order valence-corrected chi connectivity index (χ2v) is 8.69. The summed E-state index contributed by atoms with van der Waals surface area (Å²) < 4.78 is 70.7. The van der Waals surface area contributed by atoms with Crippen LogP contribution in [0.2, 0.25) is 0 Å². The lowest BCUT2D eigenvalue weighted by Crippen LogP contribution is -2.41. The van der Waals surface area contributed by atoms with Crippen molar-refractivity contribution in [3.63, 3.8) is 0 Å². The molecule has 1 saturated heterocycles. The van der Waals surface area contributed by atoms with Crippen LogP contribution >= 0.6 is 24.8 Å². The fraction of sp³-hybridized carbons (Fsp3) is 0.368. The van der Waals surface area contributed by atoms with E-state index in [4.69, 9.17) is 0 Å². The summed E-state index contributed by atoms with van der Waals surface area (Å²) >= 11 is 0. The molecule has 1 fully saturated rings. The maximum atomic E-state index is 14.7. The average Bonchev–Trinajstić information content (AvgIpc) is 2.83. The Labute approximate surface area is 192 Å². The van der Waals surface area contributed by atoms with Gasteiger partial charge in [0.05, 0.1) is 11.4 Å². The first-order valence-electron chi connectivity index (χ1n) is 9.39. The van der Waals surface area contributed by atoms with Crippen LogP contribution in [0.15, 0.2) is 36.4 Å². The second kappa shape index (κ2) is 10.3. The molecule has 4 rings (SSSR count). The molecule has 0 spiro atoms. The van der Waals surface area contributed by atoms with Gasteiger partial charge in [0.2, 0.25) is 0 Å². The van der Waals surface area contributed by atoms with Gasteiger partial charge < -0.3 is 10.2 Å². The van der Waals surface area contributed by atoms with E-state index < -0.39 is 27.7 Å². The fourth-order valence-corrected chi connectivity index (χ4v) is 5.45. The molecule has 172 valence electrons. The number of halogens is 5. The van der Waals surface area contributed by atoms with Crippen molar-refractivity contribution in [2.24, 2.45) is 0 Å². The van der Waals surface area contributed by atoms with Gasteiger partial charge in [-0.1, -0.05) is 6.07 Å². The van der Waals surface area contributed by atoms with Gasteiger partial charge >= 0.3 is 10.2 Å². The summed E-state index contributed by atoms with van der Waals surface area (Å²) in [6, 6.07) is 6.57. The van der Waals surface area contributed by atoms with E-state index in [0.29, 0.717) is 12.6 Å². The molecular weight excluding hydrogens is 476 g/mol. The normalized spacial score (nSPS) is 18.0. The maximum Gasteiger partial charge on any atom is 0.331 e. The van der Waals surface area contributed by atoms with Crippen molar-refractivity contribution in [1.82, 2.24) is 10.2 Å². The van der Waals surface area contributed by atoms with E-state index in [9.17, 15) is 21.6 Å². The summed E-state index contributed by atoms with van der Waals surface area (Å²) in [6.07, 6.45) is 0.935. The molecule has 2 aliphatic rings. The van der Waals surface area contributed by atoms with Crippen molar-refractivity contribution in [2.45, 2.75) is 6.42 Å². The van der Waals surface area contributed by atoms with E-state index in [1.54, 1.807) is 0 Å². The summed E-state index contributed by atoms with van der Waals surface area (Å²) in [4.78, 5) is 2.11. The Hall–Kier alpha value is -1.72. The minimum atomic E-state index is -4.29. The highest BCUT2D eigenvalue weighted by Gasteiger charge is 2.44. The molecule has 12 heteroatoms. The van der Waals surface area contributed by atoms with Crippen molar-refractivity contribution in [2.75, 3.05) is 47.9 Å². The first-order chi connectivity index (χ1) is 13.9. The van der Waals surface area contributed by atoms with Crippen LogP contribution in [0.4, 0.5) is 30.2 Å². The standard InChI is InChI=1S/C19H21F3N4O2S.2ClH/c20-14-5-6-17(16(22)13-14)26-18-4-1-3-15(21)19(18)25(29(26,27)28)12-11-24-9-2-7-23-8-10-24;;/h1,3-6,13,23H,2,7-12H2;2*1H. The van der Waals surface area contributed by atoms with Crippen LogP contribution in [0, 0.1) is 17.5 Å². The van der Waals surface area contributed by atoms with E-state index in [1.807, 2.05) is 0 Å². The molecule has 0 amide bonds. The maximum absolute atomic E-state index is 14.7. The third-order valence-corrected chi connectivity index (χ3v) is 6.90.